The Kier molecular flexibility index (Phi) is 4.25. The zero-order chi connectivity index (χ0) is 19.8. The molecule has 1 saturated heterocycles. The van der Waals surface area contributed by atoms with Crippen LogP contribution in [0.3, 0.4) is 0 Å². The van der Waals surface area contributed by atoms with Crippen LogP contribution in [0.15, 0.2) is 53.1 Å². The Labute approximate surface area is 166 Å². The fraction of sp³-hybridized carbons (Fsp3) is 0.190. The molecule has 0 bridgehead atoms. The Morgan fingerprint density at radius 3 is 2.83 bits per heavy atom. The van der Waals surface area contributed by atoms with Gasteiger partial charge in [0.2, 0.25) is 18.5 Å². The highest BCUT2D eigenvalue weighted by atomic mass is 16.7. The van der Waals surface area contributed by atoms with Gasteiger partial charge in [0, 0.05) is 30.3 Å². The standard InChI is InChI=1S/C21H17N3O5/c25-20-11-22-7-8-24(20)16-4-2-1-3-14(16)21(26)15-10-18(29-23-15)13-5-6-17-19(9-13)28-12-27-17/h1-6,9-10,22H,7-8,11-12H2. The van der Waals surface area contributed by atoms with E-state index >= 15 is 0 Å². The minimum Gasteiger partial charge on any atom is -0.454 e. The molecule has 2 aromatic carbocycles. The van der Waals surface area contributed by atoms with Crippen LogP contribution in [0.1, 0.15) is 16.1 Å². The number of amides is 1. The molecule has 8 nitrogen and oxygen atoms in total. The molecular formula is C21H17N3O5. The molecule has 0 unspecified atom stereocenters. The summed E-state index contributed by atoms with van der Waals surface area (Å²) < 4.78 is 16.1. The molecule has 5 rings (SSSR count). The predicted octanol–water partition coefficient (Wildman–Crippen LogP) is 2.24. The molecule has 29 heavy (non-hydrogen) atoms. The highest BCUT2D eigenvalue weighted by Crippen LogP contribution is 2.36. The number of aromatic nitrogens is 1. The van der Waals surface area contributed by atoms with Gasteiger partial charge in [-0.05, 0) is 30.3 Å². The van der Waals surface area contributed by atoms with E-state index in [1.165, 1.54) is 0 Å². The van der Waals surface area contributed by atoms with Gasteiger partial charge < -0.3 is 24.2 Å². The number of para-hydroxylation sites is 1. The summed E-state index contributed by atoms with van der Waals surface area (Å²) in [6.45, 7) is 1.61. The normalized spacial score (nSPS) is 15.6. The summed E-state index contributed by atoms with van der Waals surface area (Å²) in [5, 5.41) is 6.99. The number of anilines is 1. The minimum absolute atomic E-state index is 0.0716. The van der Waals surface area contributed by atoms with Gasteiger partial charge in [0.25, 0.3) is 0 Å². The SMILES string of the molecule is O=C(c1cc(-c2ccc3c(c2)OCO3)on1)c1ccccc1N1CCNCC1=O. The lowest BCUT2D eigenvalue weighted by Gasteiger charge is -2.28. The van der Waals surface area contributed by atoms with E-state index in [9.17, 15) is 9.59 Å². The van der Waals surface area contributed by atoms with Crippen molar-refractivity contribution in [3.05, 3.63) is 59.8 Å². The summed E-state index contributed by atoms with van der Waals surface area (Å²) in [7, 11) is 0. The van der Waals surface area contributed by atoms with Gasteiger partial charge in [0.15, 0.2) is 23.0 Å². The van der Waals surface area contributed by atoms with E-state index < -0.39 is 0 Å². The molecule has 1 aromatic heterocycles. The molecule has 0 saturated carbocycles. The van der Waals surface area contributed by atoms with Gasteiger partial charge >= 0.3 is 0 Å². The number of hydrogen-bond donors (Lipinski definition) is 1. The summed E-state index contributed by atoms with van der Waals surface area (Å²) in [5.74, 6) is 1.36. The summed E-state index contributed by atoms with van der Waals surface area (Å²) in [6.07, 6.45) is 0. The van der Waals surface area contributed by atoms with Crippen LogP contribution in [0.5, 0.6) is 11.5 Å². The van der Waals surface area contributed by atoms with Crippen molar-refractivity contribution >= 4 is 17.4 Å². The van der Waals surface area contributed by atoms with Crippen LogP contribution in [-0.2, 0) is 4.79 Å². The lowest BCUT2D eigenvalue weighted by atomic mass is 10.0. The van der Waals surface area contributed by atoms with Crippen molar-refractivity contribution < 1.29 is 23.6 Å². The third-order valence-corrected chi connectivity index (χ3v) is 4.93. The first-order valence-electron chi connectivity index (χ1n) is 9.22. The first kappa shape index (κ1) is 17.4. The van der Waals surface area contributed by atoms with E-state index in [0.717, 1.165) is 5.56 Å². The van der Waals surface area contributed by atoms with Crippen LogP contribution in [0.25, 0.3) is 11.3 Å². The summed E-state index contributed by atoms with van der Waals surface area (Å²) in [4.78, 5) is 27.0. The van der Waals surface area contributed by atoms with E-state index in [1.54, 1.807) is 41.3 Å². The number of carbonyl (C=O) groups excluding carboxylic acids is 2. The molecule has 0 spiro atoms. The molecule has 8 heteroatoms. The number of nitrogens with one attached hydrogen (secondary N) is 1. The second-order valence-corrected chi connectivity index (χ2v) is 6.71. The number of rotatable bonds is 4. The van der Waals surface area contributed by atoms with Crippen molar-refractivity contribution in [2.75, 3.05) is 31.3 Å². The summed E-state index contributed by atoms with van der Waals surface area (Å²) in [6, 6.07) is 14.0. The molecule has 0 aliphatic carbocycles. The topological polar surface area (TPSA) is 93.9 Å². The fourth-order valence-electron chi connectivity index (χ4n) is 3.47. The first-order chi connectivity index (χ1) is 14.2. The molecule has 3 heterocycles. The van der Waals surface area contributed by atoms with Crippen molar-refractivity contribution in [1.82, 2.24) is 10.5 Å². The lowest BCUT2D eigenvalue weighted by molar-refractivity contribution is -0.118. The van der Waals surface area contributed by atoms with Crippen molar-refractivity contribution in [3.63, 3.8) is 0 Å². The molecule has 2 aliphatic heterocycles. The Balaban J connectivity index is 1.46. The van der Waals surface area contributed by atoms with Crippen LogP contribution < -0.4 is 19.7 Å². The van der Waals surface area contributed by atoms with Crippen LogP contribution in [0.4, 0.5) is 5.69 Å². The van der Waals surface area contributed by atoms with Crippen molar-refractivity contribution in [2.24, 2.45) is 0 Å². The van der Waals surface area contributed by atoms with Crippen LogP contribution in [0, 0.1) is 0 Å². The van der Waals surface area contributed by atoms with Gasteiger partial charge in [-0.1, -0.05) is 17.3 Å². The Bertz CT molecular complexity index is 1110. The second-order valence-electron chi connectivity index (χ2n) is 6.71. The van der Waals surface area contributed by atoms with E-state index in [-0.39, 0.29) is 30.7 Å². The molecule has 3 aromatic rings. The van der Waals surface area contributed by atoms with Crippen molar-refractivity contribution in [1.29, 1.82) is 0 Å². The monoisotopic (exact) mass is 391 g/mol. The largest absolute Gasteiger partial charge is 0.454 e. The van der Waals surface area contributed by atoms with Gasteiger partial charge in [-0.3, -0.25) is 9.59 Å². The summed E-state index contributed by atoms with van der Waals surface area (Å²) >= 11 is 0. The van der Waals surface area contributed by atoms with Gasteiger partial charge in [0.1, 0.15) is 0 Å². The van der Waals surface area contributed by atoms with Crippen LogP contribution in [-0.4, -0.2) is 43.3 Å². The minimum atomic E-state index is -0.303. The second kappa shape index (κ2) is 7.06. The maximum Gasteiger partial charge on any atom is 0.241 e. The molecule has 1 N–H and O–H groups in total. The van der Waals surface area contributed by atoms with E-state index in [1.807, 2.05) is 12.1 Å². The molecule has 1 amide bonds. The molecule has 146 valence electrons. The van der Waals surface area contributed by atoms with E-state index in [2.05, 4.69) is 10.5 Å². The maximum absolute atomic E-state index is 13.1. The van der Waals surface area contributed by atoms with E-state index in [0.29, 0.717) is 41.6 Å². The quantitative estimate of drug-likeness (QED) is 0.682. The predicted molar refractivity (Wildman–Crippen MR) is 103 cm³/mol. The van der Waals surface area contributed by atoms with Crippen LogP contribution in [0.2, 0.25) is 0 Å². The average Bonchev–Trinajstić information content (AvgIpc) is 3.43. The number of benzene rings is 2. The Morgan fingerprint density at radius 1 is 1.07 bits per heavy atom. The van der Waals surface area contributed by atoms with Crippen LogP contribution >= 0.6 is 0 Å². The van der Waals surface area contributed by atoms with Gasteiger partial charge in [0.05, 0.1) is 12.2 Å². The molecule has 0 atom stereocenters. The maximum atomic E-state index is 13.1. The number of ether oxygens (including phenoxy) is 2. The highest BCUT2D eigenvalue weighted by Gasteiger charge is 2.26. The number of ketones is 1. The molecule has 1 fully saturated rings. The zero-order valence-corrected chi connectivity index (χ0v) is 15.4. The third-order valence-electron chi connectivity index (χ3n) is 4.93. The molecule has 2 aliphatic rings. The average molecular weight is 391 g/mol. The third kappa shape index (κ3) is 3.13. The number of carbonyl (C=O) groups is 2. The van der Waals surface area contributed by atoms with Gasteiger partial charge in [-0.2, -0.15) is 0 Å². The highest BCUT2D eigenvalue weighted by molar-refractivity contribution is 6.13. The molecule has 0 radical (unpaired) electrons. The first-order valence-corrected chi connectivity index (χ1v) is 9.22. The zero-order valence-electron chi connectivity index (χ0n) is 15.4. The summed E-state index contributed by atoms with van der Waals surface area (Å²) in [5.41, 5.74) is 1.89. The van der Waals surface area contributed by atoms with Crippen molar-refractivity contribution in [3.8, 4) is 22.8 Å². The fourth-order valence-corrected chi connectivity index (χ4v) is 3.47. The van der Waals surface area contributed by atoms with Crippen molar-refractivity contribution in [2.45, 2.75) is 0 Å². The Morgan fingerprint density at radius 2 is 1.93 bits per heavy atom. The number of piperazine rings is 1. The lowest BCUT2D eigenvalue weighted by Crippen LogP contribution is -2.48. The number of fused-ring (bicyclic) bond motifs is 1. The smallest absolute Gasteiger partial charge is 0.241 e. The van der Waals surface area contributed by atoms with Gasteiger partial charge in [-0.25, -0.2) is 0 Å². The number of nitrogens with zero attached hydrogens (tertiary/aromatic N) is 2. The van der Waals surface area contributed by atoms with Gasteiger partial charge in [-0.15, -0.1) is 0 Å². The Hall–Kier alpha value is -3.65. The molecular weight excluding hydrogens is 374 g/mol. The van der Waals surface area contributed by atoms with E-state index in [4.69, 9.17) is 14.0 Å². The number of hydrogen-bond acceptors (Lipinski definition) is 7.